The highest BCUT2D eigenvalue weighted by atomic mass is 35.5. The van der Waals surface area contributed by atoms with Gasteiger partial charge in [-0.05, 0) is 44.4 Å². The zero-order valence-electron chi connectivity index (χ0n) is 18.5. The number of ether oxygens (including phenoxy) is 3. The molecule has 1 aliphatic heterocycles. The first-order valence-corrected chi connectivity index (χ1v) is 11.2. The molecular formula is C22H30ClN5O4. The third kappa shape index (κ3) is 6.86. The summed E-state index contributed by atoms with van der Waals surface area (Å²) in [4.78, 5) is 21.7. The number of halogens is 1. The van der Waals surface area contributed by atoms with Gasteiger partial charge in [-0.3, -0.25) is 9.69 Å². The fourth-order valence-electron chi connectivity index (χ4n) is 3.53. The molecular weight excluding hydrogens is 434 g/mol. The molecule has 1 aromatic carbocycles. The van der Waals surface area contributed by atoms with E-state index in [1.54, 1.807) is 0 Å². The first-order valence-electron chi connectivity index (χ1n) is 10.8. The Morgan fingerprint density at radius 2 is 1.72 bits per heavy atom. The van der Waals surface area contributed by atoms with Gasteiger partial charge in [-0.1, -0.05) is 11.6 Å². The van der Waals surface area contributed by atoms with Gasteiger partial charge < -0.3 is 25.3 Å². The predicted octanol–water partition coefficient (Wildman–Crippen LogP) is 2.87. The molecule has 0 bridgehead atoms. The molecule has 3 rings (SSSR count). The minimum atomic E-state index is -0.541. The molecule has 0 radical (unpaired) electrons. The van der Waals surface area contributed by atoms with Crippen LogP contribution in [0.25, 0.3) is 0 Å². The van der Waals surface area contributed by atoms with Crippen molar-refractivity contribution >= 4 is 23.5 Å². The summed E-state index contributed by atoms with van der Waals surface area (Å²) in [5.74, 6) is 1.72. The SMILES string of the molecule is CCOc1cc(CN2CCC(Nc3ncc(OCC(N)=O)cn3)CC2)cc(OCC)c1Cl. The Morgan fingerprint density at radius 3 is 2.25 bits per heavy atom. The molecule has 1 saturated heterocycles. The zero-order valence-corrected chi connectivity index (χ0v) is 19.2. The number of hydrogen-bond acceptors (Lipinski definition) is 8. The van der Waals surface area contributed by atoms with E-state index in [1.807, 2.05) is 26.0 Å². The van der Waals surface area contributed by atoms with Gasteiger partial charge in [0.05, 0.1) is 25.6 Å². The van der Waals surface area contributed by atoms with Gasteiger partial charge in [-0.25, -0.2) is 9.97 Å². The quantitative estimate of drug-likeness (QED) is 0.523. The Hall–Kier alpha value is -2.78. The van der Waals surface area contributed by atoms with E-state index in [0.29, 0.717) is 41.4 Å². The van der Waals surface area contributed by atoms with Crippen molar-refractivity contribution in [3.8, 4) is 17.2 Å². The summed E-state index contributed by atoms with van der Waals surface area (Å²) in [5, 5.41) is 3.88. The van der Waals surface area contributed by atoms with Crippen molar-refractivity contribution in [1.82, 2.24) is 14.9 Å². The fraction of sp³-hybridized carbons (Fsp3) is 0.500. The van der Waals surface area contributed by atoms with E-state index in [-0.39, 0.29) is 12.6 Å². The van der Waals surface area contributed by atoms with Crippen LogP contribution in [0, 0.1) is 0 Å². The average Bonchev–Trinajstić information content (AvgIpc) is 2.78. The minimum absolute atomic E-state index is 0.194. The molecule has 1 aromatic heterocycles. The van der Waals surface area contributed by atoms with Gasteiger partial charge in [0.15, 0.2) is 12.4 Å². The number of carbonyl (C=O) groups excluding carboxylic acids is 1. The number of carbonyl (C=O) groups is 1. The fourth-order valence-corrected chi connectivity index (χ4v) is 3.75. The number of nitrogens with two attached hydrogens (primary N) is 1. The highest BCUT2D eigenvalue weighted by Gasteiger charge is 2.21. The number of benzene rings is 1. The second-order valence-corrected chi connectivity index (χ2v) is 7.84. The van der Waals surface area contributed by atoms with Crippen LogP contribution in [0.1, 0.15) is 32.3 Å². The maximum Gasteiger partial charge on any atom is 0.255 e. The standard InChI is InChI=1S/C22H30ClN5O4/c1-3-30-18-9-15(10-19(21(18)23)31-4-2)13-28-7-5-16(6-8-28)27-22-25-11-17(12-26-22)32-14-20(24)29/h9-12,16H,3-8,13-14H2,1-2H3,(H2,24,29)(H,25,26,27). The van der Waals surface area contributed by atoms with Gasteiger partial charge in [-0.15, -0.1) is 0 Å². The number of primary amides is 1. The number of rotatable bonds is 11. The second kappa shape index (κ2) is 11.7. The van der Waals surface area contributed by atoms with Crippen molar-refractivity contribution < 1.29 is 19.0 Å². The number of piperidine rings is 1. The normalized spacial score (nSPS) is 14.7. The summed E-state index contributed by atoms with van der Waals surface area (Å²) in [7, 11) is 0. The summed E-state index contributed by atoms with van der Waals surface area (Å²) in [6, 6.07) is 4.27. The van der Waals surface area contributed by atoms with E-state index in [1.165, 1.54) is 12.4 Å². The molecule has 1 amide bonds. The van der Waals surface area contributed by atoms with Gasteiger partial charge in [0.1, 0.15) is 16.5 Å². The Kier molecular flexibility index (Phi) is 8.75. The van der Waals surface area contributed by atoms with Crippen LogP contribution in [-0.2, 0) is 11.3 Å². The zero-order chi connectivity index (χ0) is 22.9. The van der Waals surface area contributed by atoms with Crippen LogP contribution in [0.15, 0.2) is 24.5 Å². The van der Waals surface area contributed by atoms with Gasteiger partial charge >= 0.3 is 0 Å². The minimum Gasteiger partial charge on any atom is -0.492 e. The lowest BCUT2D eigenvalue weighted by atomic mass is 10.0. The van der Waals surface area contributed by atoms with Gasteiger partial charge in [0.25, 0.3) is 5.91 Å². The van der Waals surface area contributed by atoms with Crippen LogP contribution in [0.4, 0.5) is 5.95 Å². The number of nitrogens with zero attached hydrogens (tertiary/aromatic N) is 3. The van der Waals surface area contributed by atoms with E-state index in [9.17, 15) is 4.79 Å². The molecule has 3 N–H and O–H groups in total. The Morgan fingerprint density at radius 1 is 1.12 bits per heavy atom. The number of anilines is 1. The molecule has 9 nitrogen and oxygen atoms in total. The molecule has 32 heavy (non-hydrogen) atoms. The lowest BCUT2D eigenvalue weighted by Gasteiger charge is -2.32. The summed E-state index contributed by atoms with van der Waals surface area (Å²) in [5.41, 5.74) is 6.18. The van der Waals surface area contributed by atoms with Gasteiger partial charge in [-0.2, -0.15) is 0 Å². The molecule has 0 saturated carbocycles. The third-order valence-corrected chi connectivity index (χ3v) is 5.37. The predicted molar refractivity (Wildman–Crippen MR) is 122 cm³/mol. The van der Waals surface area contributed by atoms with Crippen molar-refractivity contribution in [3.05, 3.63) is 35.1 Å². The Balaban J connectivity index is 1.52. The Bertz CT molecular complexity index is 861. The van der Waals surface area contributed by atoms with Crippen molar-refractivity contribution in [1.29, 1.82) is 0 Å². The maximum absolute atomic E-state index is 10.8. The van der Waals surface area contributed by atoms with E-state index >= 15 is 0 Å². The highest BCUT2D eigenvalue weighted by molar-refractivity contribution is 6.33. The number of likely N-dealkylation sites (tertiary alicyclic amines) is 1. The summed E-state index contributed by atoms with van der Waals surface area (Å²) < 4.78 is 16.5. The summed E-state index contributed by atoms with van der Waals surface area (Å²) >= 11 is 6.41. The number of nitrogens with one attached hydrogen (secondary N) is 1. The maximum atomic E-state index is 10.8. The van der Waals surface area contributed by atoms with E-state index in [2.05, 4.69) is 20.2 Å². The second-order valence-electron chi connectivity index (χ2n) is 7.46. The number of amides is 1. The number of aromatic nitrogens is 2. The molecule has 0 atom stereocenters. The smallest absolute Gasteiger partial charge is 0.255 e. The molecule has 2 heterocycles. The molecule has 0 unspecified atom stereocenters. The Labute approximate surface area is 193 Å². The van der Waals surface area contributed by atoms with Crippen LogP contribution in [0.2, 0.25) is 5.02 Å². The van der Waals surface area contributed by atoms with Gasteiger partial charge in [0, 0.05) is 25.7 Å². The third-order valence-electron chi connectivity index (χ3n) is 5.00. The summed E-state index contributed by atoms with van der Waals surface area (Å²) in [6.45, 7) is 7.45. The lowest BCUT2D eigenvalue weighted by molar-refractivity contribution is -0.119. The average molecular weight is 464 g/mol. The highest BCUT2D eigenvalue weighted by Crippen LogP contribution is 2.36. The van der Waals surface area contributed by atoms with Crippen molar-refractivity contribution in [2.75, 3.05) is 38.2 Å². The first kappa shape index (κ1) is 23.9. The molecule has 2 aromatic rings. The molecule has 174 valence electrons. The largest absolute Gasteiger partial charge is 0.492 e. The van der Waals surface area contributed by atoms with Crippen LogP contribution in [0.5, 0.6) is 17.2 Å². The molecule has 1 aliphatic rings. The van der Waals surface area contributed by atoms with E-state index in [4.69, 9.17) is 31.5 Å². The topological polar surface area (TPSA) is 112 Å². The van der Waals surface area contributed by atoms with Crippen molar-refractivity contribution in [2.24, 2.45) is 5.73 Å². The van der Waals surface area contributed by atoms with E-state index in [0.717, 1.165) is 38.0 Å². The van der Waals surface area contributed by atoms with Crippen LogP contribution in [0.3, 0.4) is 0 Å². The van der Waals surface area contributed by atoms with E-state index < -0.39 is 5.91 Å². The molecule has 1 fully saturated rings. The van der Waals surface area contributed by atoms with Crippen molar-refractivity contribution in [3.63, 3.8) is 0 Å². The monoisotopic (exact) mass is 463 g/mol. The van der Waals surface area contributed by atoms with Crippen LogP contribution in [-0.4, -0.2) is 59.7 Å². The first-order chi connectivity index (χ1) is 15.5. The van der Waals surface area contributed by atoms with Gasteiger partial charge in [0.2, 0.25) is 5.95 Å². The molecule has 0 aliphatic carbocycles. The van der Waals surface area contributed by atoms with Crippen LogP contribution < -0.4 is 25.3 Å². The lowest BCUT2D eigenvalue weighted by Crippen LogP contribution is -2.39. The summed E-state index contributed by atoms with van der Waals surface area (Å²) in [6.07, 6.45) is 4.99. The van der Waals surface area contributed by atoms with Crippen LogP contribution >= 0.6 is 11.6 Å². The molecule has 0 spiro atoms. The number of hydrogen-bond donors (Lipinski definition) is 2. The van der Waals surface area contributed by atoms with Crippen molar-refractivity contribution in [2.45, 2.75) is 39.3 Å². The molecule has 10 heteroatoms.